The van der Waals surface area contributed by atoms with Crippen molar-refractivity contribution in [2.24, 2.45) is 0 Å². The van der Waals surface area contributed by atoms with Gasteiger partial charge in [-0.1, -0.05) is 0 Å². The van der Waals surface area contributed by atoms with E-state index in [9.17, 15) is 9.90 Å². The lowest BCUT2D eigenvalue weighted by Gasteiger charge is -2.33. The third kappa shape index (κ3) is 2.65. The molecular formula is C8H15NO4. The van der Waals surface area contributed by atoms with Crippen LogP contribution < -0.4 is 5.32 Å². The lowest BCUT2D eigenvalue weighted by Crippen LogP contribution is -2.52. The van der Waals surface area contributed by atoms with Gasteiger partial charge in [0.05, 0.1) is 6.10 Å². The Hall–Kier alpha value is -0.650. The van der Waals surface area contributed by atoms with Crippen molar-refractivity contribution in [1.82, 2.24) is 5.32 Å². The minimum atomic E-state index is -1.72. The van der Waals surface area contributed by atoms with Gasteiger partial charge in [0.15, 0.2) is 5.60 Å². The monoisotopic (exact) mass is 189 g/mol. The largest absolute Gasteiger partial charge is 0.479 e. The SMILES string of the molecule is CC(O)(CNC1CC(O)C1)C(=O)O. The quantitative estimate of drug-likeness (QED) is 0.452. The summed E-state index contributed by atoms with van der Waals surface area (Å²) in [7, 11) is 0. The summed E-state index contributed by atoms with van der Waals surface area (Å²) in [4.78, 5) is 10.5. The second kappa shape index (κ2) is 3.61. The van der Waals surface area contributed by atoms with Gasteiger partial charge in [-0.25, -0.2) is 4.79 Å². The molecule has 0 aromatic rings. The predicted molar refractivity (Wildman–Crippen MR) is 45.3 cm³/mol. The van der Waals surface area contributed by atoms with Gasteiger partial charge in [-0.3, -0.25) is 0 Å². The molecule has 1 aliphatic carbocycles. The highest BCUT2D eigenvalue weighted by atomic mass is 16.4. The molecule has 5 heteroatoms. The van der Waals surface area contributed by atoms with Crippen LogP contribution in [0.15, 0.2) is 0 Å². The van der Waals surface area contributed by atoms with Crippen molar-refractivity contribution in [3.05, 3.63) is 0 Å². The molecule has 1 atom stereocenters. The van der Waals surface area contributed by atoms with Crippen LogP contribution >= 0.6 is 0 Å². The van der Waals surface area contributed by atoms with Crippen molar-refractivity contribution < 1.29 is 20.1 Å². The Balaban J connectivity index is 2.22. The summed E-state index contributed by atoms with van der Waals surface area (Å²) < 4.78 is 0. The second-order valence-corrected chi connectivity index (χ2v) is 3.78. The average molecular weight is 189 g/mol. The third-order valence-corrected chi connectivity index (χ3v) is 2.31. The van der Waals surface area contributed by atoms with E-state index in [0.717, 1.165) is 0 Å². The van der Waals surface area contributed by atoms with Gasteiger partial charge in [0.2, 0.25) is 0 Å². The molecule has 0 saturated heterocycles. The second-order valence-electron chi connectivity index (χ2n) is 3.78. The summed E-state index contributed by atoms with van der Waals surface area (Å²) in [5.74, 6) is -1.24. The highest BCUT2D eigenvalue weighted by Gasteiger charge is 2.33. The van der Waals surface area contributed by atoms with Crippen molar-refractivity contribution in [3.8, 4) is 0 Å². The van der Waals surface area contributed by atoms with Crippen LogP contribution in [0.5, 0.6) is 0 Å². The molecule has 0 radical (unpaired) electrons. The lowest BCUT2D eigenvalue weighted by atomic mass is 9.89. The molecule has 0 aromatic heterocycles. The van der Waals surface area contributed by atoms with E-state index in [2.05, 4.69) is 5.32 Å². The third-order valence-electron chi connectivity index (χ3n) is 2.31. The molecule has 5 nitrogen and oxygen atoms in total. The predicted octanol–water partition coefficient (Wildman–Crippen LogP) is -1.07. The maximum absolute atomic E-state index is 10.5. The first kappa shape index (κ1) is 10.4. The summed E-state index contributed by atoms with van der Waals surface area (Å²) >= 11 is 0. The zero-order valence-electron chi connectivity index (χ0n) is 7.53. The standard InChI is InChI=1S/C8H15NO4/c1-8(13,7(11)12)4-9-5-2-6(10)3-5/h5-6,9-10,13H,2-4H2,1H3,(H,11,12). The van der Waals surface area contributed by atoms with E-state index in [1.54, 1.807) is 0 Å². The molecule has 1 saturated carbocycles. The normalized spacial score (nSPS) is 31.9. The maximum atomic E-state index is 10.5. The molecule has 0 spiro atoms. The Morgan fingerprint density at radius 1 is 1.62 bits per heavy atom. The number of hydrogen-bond acceptors (Lipinski definition) is 4. The van der Waals surface area contributed by atoms with Gasteiger partial charge in [0.1, 0.15) is 0 Å². The van der Waals surface area contributed by atoms with E-state index >= 15 is 0 Å². The first-order chi connectivity index (χ1) is 5.92. The van der Waals surface area contributed by atoms with Crippen LogP contribution in [0.3, 0.4) is 0 Å². The molecule has 1 rings (SSSR count). The van der Waals surface area contributed by atoms with Crippen LogP contribution in [0.4, 0.5) is 0 Å². The molecular weight excluding hydrogens is 174 g/mol. The summed E-state index contributed by atoms with van der Waals surface area (Å²) in [6.45, 7) is 1.26. The number of aliphatic carboxylic acids is 1. The molecule has 1 unspecified atom stereocenters. The fraction of sp³-hybridized carbons (Fsp3) is 0.875. The highest BCUT2D eigenvalue weighted by molar-refractivity contribution is 5.76. The van der Waals surface area contributed by atoms with E-state index < -0.39 is 11.6 Å². The van der Waals surface area contributed by atoms with Gasteiger partial charge in [-0.2, -0.15) is 0 Å². The fourth-order valence-corrected chi connectivity index (χ4v) is 1.17. The van der Waals surface area contributed by atoms with E-state index in [4.69, 9.17) is 10.2 Å². The number of carbonyl (C=O) groups is 1. The Morgan fingerprint density at radius 2 is 2.15 bits per heavy atom. The lowest BCUT2D eigenvalue weighted by molar-refractivity contribution is -0.156. The molecule has 1 aliphatic rings. The smallest absolute Gasteiger partial charge is 0.336 e. The van der Waals surface area contributed by atoms with Crippen molar-refractivity contribution in [2.45, 2.75) is 37.5 Å². The van der Waals surface area contributed by atoms with Crippen molar-refractivity contribution >= 4 is 5.97 Å². The molecule has 0 amide bonds. The van der Waals surface area contributed by atoms with Gasteiger partial charge >= 0.3 is 5.97 Å². The van der Waals surface area contributed by atoms with E-state index in [0.29, 0.717) is 12.8 Å². The molecule has 0 aliphatic heterocycles. The van der Waals surface area contributed by atoms with Gasteiger partial charge in [-0.05, 0) is 19.8 Å². The number of nitrogens with one attached hydrogen (secondary N) is 1. The average Bonchev–Trinajstić information content (AvgIpc) is 1.95. The van der Waals surface area contributed by atoms with Crippen LogP contribution in [-0.4, -0.2) is 45.6 Å². The molecule has 1 fully saturated rings. The first-order valence-electron chi connectivity index (χ1n) is 4.29. The topological polar surface area (TPSA) is 89.8 Å². The van der Waals surface area contributed by atoms with Gasteiger partial charge in [-0.15, -0.1) is 0 Å². The van der Waals surface area contributed by atoms with Gasteiger partial charge in [0, 0.05) is 12.6 Å². The molecule has 0 aromatic carbocycles. The van der Waals surface area contributed by atoms with Crippen LogP contribution in [0.1, 0.15) is 19.8 Å². The molecule has 4 N–H and O–H groups in total. The van der Waals surface area contributed by atoms with E-state index in [1.165, 1.54) is 6.92 Å². The van der Waals surface area contributed by atoms with Crippen LogP contribution in [0.25, 0.3) is 0 Å². The van der Waals surface area contributed by atoms with Crippen molar-refractivity contribution in [3.63, 3.8) is 0 Å². The molecule has 0 heterocycles. The van der Waals surface area contributed by atoms with E-state index in [-0.39, 0.29) is 18.7 Å². The summed E-state index contributed by atoms with van der Waals surface area (Å²) in [5, 5.41) is 29.7. The Bertz CT molecular complexity index is 198. The number of carboxylic acids is 1. The van der Waals surface area contributed by atoms with Crippen molar-refractivity contribution in [2.75, 3.05) is 6.54 Å². The Morgan fingerprint density at radius 3 is 2.54 bits per heavy atom. The minimum absolute atomic E-state index is 0.0136. The number of rotatable bonds is 4. The molecule has 76 valence electrons. The van der Waals surface area contributed by atoms with Crippen LogP contribution in [-0.2, 0) is 4.79 Å². The zero-order chi connectivity index (χ0) is 10.1. The van der Waals surface area contributed by atoms with Crippen LogP contribution in [0.2, 0.25) is 0 Å². The number of aliphatic hydroxyl groups excluding tert-OH is 1. The Kier molecular flexibility index (Phi) is 2.90. The summed E-state index contributed by atoms with van der Waals surface area (Å²) in [6.07, 6.45) is 0.998. The first-order valence-corrected chi connectivity index (χ1v) is 4.29. The zero-order valence-corrected chi connectivity index (χ0v) is 7.53. The number of hydrogen-bond donors (Lipinski definition) is 4. The maximum Gasteiger partial charge on any atom is 0.336 e. The summed E-state index contributed by atoms with van der Waals surface area (Å²) in [5.41, 5.74) is -1.72. The summed E-state index contributed by atoms with van der Waals surface area (Å²) in [6, 6.07) is 0.140. The highest BCUT2D eigenvalue weighted by Crippen LogP contribution is 2.19. The number of aliphatic hydroxyl groups is 2. The molecule has 13 heavy (non-hydrogen) atoms. The Labute approximate surface area is 76.4 Å². The molecule has 0 bridgehead atoms. The number of carboxylic acid groups (broad SMARTS) is 1. The minimum Gasteiger partial charge on any atom is -0.479 e. The van der Waals surface area contributed by atoms with Crippen LogP contribution in [0, 0.1) is 0 Å². The van der Waals surface area contributed by atoms with E-state index in [1.807, 2.05) is 0 Å². The van der Waals surface area contributed by atoms with Gasteiger partial charge < -0.3 is 20.6 Å². The fourth-order valence-electron chi connectivity index (χ4n) is 1.17. The van der Waals surface area contributed by atoms with Gasteiger partial charge in [0.25, 0.3) is 0 Å². The van der Waals surface area contributed by atoms with Crippen molar-refractivity contribution in [1.29, 1.82) is 0 Å².